The van der Waals surface area contributed by atoms with E-state index in [0.29, 0.717) is 17.9 Å². The maximum absolute atomic E-state index is 10.2. The molecule has 0 heterocycles. The van der Waals surface area contributed by atoms with Gasteiger partial charge in [-0.05, 0) is 94.5 Å². The van der Waals surface area contributed by atoms with Crippen LogP contribution in [0.5, 0.6) is 0 Å². The summed E-state index contributed by atoms with van der Waals surface area (Å²) in [6, 6.07) is 0.459. The first-order chi connectivity index (χ1) is 12.7. The number of aliphatic hydroxyl groups excluding tert-OH is 1. The molecular formula is C23H38N2O2. The molecule has 0 aromatic rings. The normalized spacial score (nSPS) is 50.0. The maximum atomic E-state index is 10.2. The van der Waals surface area contributed by atoms with Crippen molar-refractivity contribution in [2.24, 2.45) is 39.7 Å². The predicted octanol–water partition coefficient (Wildman–Crippen LogP) is 4.32. The predicted molar refractivity (Wildman–Crippen MR) is 109 cm³/mol. The van der Waals surface area contributed by atoms with Gasteiger partial charge in [0.25, 0.3) is 0 Å². The zero-order valence-corrected chi connectivity index (χ0v) is 17.8. The van der Waals surface area contributed by atoms with Crippen LogP contribution in [0.4, 0.5) is 0 Å². The van der Waals surface area contributed by atoms with Crippen LogP contribution in [-0.4, -0.2) is 47.2 Å². The standard InChI is InChI=1S/C23H38N2O2/c1-14(24-27)21-20(25(4)5)13-19-17-7-6-15-12-16(26)8-10-22(15,2)18(17)9-11-23(19,21)3/h6,16-21,26-27H,7-13H2,1-5H3/b24-14-/t16?,17-,18+,19+,20?,21+,22+,23+/m1/s1. The van der Waals surface area contributed by atoms with Crippen molar-refractivity contribution in [2.75, 3.05) is 14.1 Å². The number of fused-ring (bicyclic) bond motifs is 5. The van der Waals surface area contributed by atoms with Gasteiger partial charge < -0.3 is 15.2 Å². The summed E-state index contributed by atoms with van der Waals surface area (Å²) >= 11 is 0. The SMILES string of the molecule is C/C(=N/O)[C@H]1C(N(C)C)C[C@H]2[C@@H]3CC=C4CC(O)CC[C@]4(C)[C@H]3CC[C@]12C. The summed E-state index contributed by atoms with van der Waals surface area (Å²) in [5.41, 5.74) is 2.96. The average Bonchev–Trinajstić information content (AvgIpc) is 2.95. The van der Waals surface area contributed by atoms with Crippen molar-refractivity contribution >= 4 is 5.71 Å². The Morgan fingerprint density at radius 2 is 1.93 bits per heavy atom. The third kappa shape index (κ3) is 2.73. The van der Waals surface area contributed by atoms with Gasteiger partial charge in [-0.3, -0.25) is 0 Å². The molecule has 0 radical (unpaired) electrons. The first kappa shape index (κ1) is 19.4. The van der Waals surface area contributed by atoms with Gasteiger partial charge in [0.05, 0.1) is 11.8 Å². The molecule has 3 fully saturated rings. The molecule has 152 valence electrons. The zero-order valence-electron chi connectivity index (χ0n) is 17.8. The minimum Gasteiger partial charge on any atom is -0.411 e. The molecule has 0 saturated heterocycles. The van der Waals surface area contributed by atoms with Crippen molar-refractivity contribution in [3.8, 4) is 0 Å². The summed E-state index contributed by atoms with van der Waals surface area (Å²) in [6.45, 7) is 6.98. The number of nitrogens with zero attached hydrogens (tertiary/aromatic N) is 2. The molecule has 0 bridgehead atoms. The highest BCUT2D eigenvalue weighted by atomic mass is 16.4. The van der Waals surface area contributed by atoms with E-state index in [1.807, 2.05) is 6.92 Å². The lowest BCUT2D eigenvalue weighted by atomic mass is 9.47. The van der Waals surface area contributed by atoms with Gasteiger partial charge in [-0.25, -0.2) is 0 Å². The second kappa shape index (κ2) is 6.59. The Hall–Kier alpha value is -0.870. The van der Waals surface area contributed by atoms with Crippen LogP contribution >= 0.6 is 0 Å². The summed E-state index contributed by atoms with van der Waals surface area (Å²) in [4.78, 5) is 2.36. The molecule has 0 spiro atoms. The van der Waals surface area contributed by atoms with Crippen LogP contribution in [0.2, 0.25) is 0 Å². The summed E-state index contributed by atoms with van der Waals surface area (Å²) in [5, 5.41) is 23.5. The molecule has 4 rings (SSSR count). The number of hydrogen-bond acceptors (Lipinski definition) is 4. The molecule has 8 atom stereocenters. The van der Waals surface area contributed by atoms with Gasteiger partial charge in [0.2, 0.25) is 0 Å². The molecule has 2 unspecified atom stereocenters. The minimum atomic E-state index is -0.132. The summed E-state index contributed by atoms with van der Waals surface area (Å²) in [5.74, 6) is 2.50. The molecule has 27 heavy (non-hydrogen) atoms. The third-order valence-corrected chi connectivity index (χ3v) is 9.38. The van der Waals surface area contributed by atoms with E-state index < -0.39 is 0 Å². The lowest BCUT2D eigenvalue weighted by Gasteiger charge is -2.58. The van der Waals surface area contributed by atoms with Gasteiger partial charge in [-0.2, -0.15) is 0 Å². The van der Waals surface area contributed by atoms with E-state index in [1.54, 1.807) is 0 Å². The molecule has 4 aliphatic carbocycles. The van der Waals surface area contributed by atoms with E-state index in [9.17, 15) is 10.3 Å². The Balaban J connectivity index is 1.70. The molecule has 0 amide bonds. The molecule has 0 aliphatic heterocycles. The van der Waals surface area contributed by atoms with Gasteiger partial charge in [0.15, 0.2) is 0 Å². The largest absolute Gasteiger partial charge is 0.411 e. The van der Waals surface area contributed by atoms with E-state index >= 15 is 0 Å². The number of allylic oxidation sites excluding steroid dienone is 1. The van der Waals surface area contributed by atoms with Gasteiger partial charge >= 0.3 is 0 Å². The lowest BCUT2D eigenvalue weighted by molar-refractivity contribution is -0.0427. The van der Waals surface area contributed by atoms with Gasteiger partial charge in [-0.1, -0.05) is 30.7 Å². The molecule has 4 heteroatoms. The van der Waals surface area contributed by atoms with Crippen LogP contribution in [0.25, 0.3) is 0 Å². The van der Waals surface area contributed by atoms with Crippen molar-refractivity contribution in [1.29, 1.82) is 0 Å². The summed E-state index contributed by atoms with van der Waals surface area (Å²) < 4.78 is 0. The van der Waals surface area contributed by atoms with E-state index in [2.05, 4.69) is 44.1 Å². The second-order valence-corrected chi connectivity index (χ2v) is 10.7. The molecule has 4 nitrogen and oxygen atoms in total. The van der Waals surface area contributed by atoms with Crippen LogP contribution < -0.4 is 0 Å². The Labute approximate surface area is 164 Å². The van der Waals surface area contributed by atoms with Crippen molar-refractivity contribution < 1.29 is 10.3 Å². The fourth-order valence-corrected chi connectivity index (χ4v) is 7.98. The average molecular weight is 375 g/mol. The Kier molecular flexibility index (Phi) is 4.74. The van der Waals surface area contributed by atoms with Crippen LogP contribution in [0.1, 0.15) is 65.7 Å². The topological polar surface area (TPSA) is 56.1 Å². The van der Waals surface area contributed by atoms with Gasteiger partial charge in [-0.15, -0.1) is 0 Å². The highest BCUT2D eigenvalue weighted by Crippen LogP contribution is 2.66. The van der Waals surface area contributed by atoms with Crippen molar-refractivity contribution in [1.82, 2.24) is 4.90 Å². The van der Waals surface area contributed by atoms with Crippen molar-refractivity contribution in [3.63, 3.8) is 0 Å². The lowest BCUT2D eigenvalue weighted by Crippen LogP contribution is -2.51. The molecule has 0 aromatic carbocycles. The number of aliphatic hydroxyl groups is 1. The number of rotatable bonds is 2. The molecule has 2 N–H and O–H groups in total. The molecule has 4 aliphatic rings. The van der Waals surface area contributed by atoms with Crippen LogP contribution in [0, 0.1) is 34.5 Å². The summed E-state index contributed by atoms with van der Waals surface area (Å²) in [7, 11) is 4.37. The number of oxime groups is 1. The number of hydrogen-bond donors (Lipinski definition) is 2. The van der Waals surface area contributed by atoms with Gasteiger partial charge in [0, 0.05) is 12.0 Å². The monoisotopic (exact) mass is 374 g/mol. The Morgan fingerprint density at radius 3 is 2.59 bits per heavy atom. The molecule has 3 saturated carbocycles. The minimum absolute atomic E-state index is 0.132. The van der Waals surface area contributed by atoms with Crippen molar-refractivity contribution in [3.05, 3.63) is 11.6 Å². The smallest absolute Gasteiger partial charge is 0.0591 e. The molecule has 0 aromatic heterocycles. The third-order valence-electron chi connectivity index (χ3n) is 9.38. The maximum Gasteiger partial charge on any atom is 0.0591 e. The first-order valence-electron chi connectivity index (χ1n) is 10.9. The van der Waals surface area contributed by atoms with E-state index in [-0.39, 0.29) is 16.9 Å². The fourth-order valence-electron chi connectivity index (χ4n) is 7.98. The van der Waals surface area contributed by atoms with E-state index in [1.165, 1.54) is 31.3 Å². The quantitative estimate of drug-likeness (QED) is 0.328. The van der Waals surface area contributed by atoms with Crippen LogP contribution in [-0.2, 0) is 0 Å². The molecular weight excluding hydrogens is 336 g/mol. The zero-order chi connectivity index (χ0) is 19.6. The van der Waals surface area contributed by atoms with E-state index in [4.69, 9.17) is 0 Å². The Morgan fingerprint density at radius 1 is 1.19 bits per heavy atom. The van der Waals surface area contributed by atoms with Gasteiger partial charge in [0.1, 0.15) is 0 Å². The Bertz CT molecular complexity index is 657. The first-order valence-corrected chi connectivity index (χ1v) is 10.9. The highest BCUT2D eigenvalue weighted by molar-refractivity contribution is 5.85. The van der Waals surface area contributed by atoms with Crippen LogP contribution in [0.3, 0.4) is 0 Å². The van der Waals surface area contributed by atoms with Crippen molar-refractivity contribution in [2.45, 2.75) is 77.9 Å². The van der Waals surface area contributed by atoms with E-state index in [0.717, 1.165) is 36.8 Å². The van der Waals surface area contributed by atoms with Crippen LogP contribution in [0.15, 0.2) is 16.8 Å². The summed E-state index contributed by atoms with van der Waals surface area (Å²) in [6.07, 6.45) is 10.2. The highest BCUT2D eigenvalue weighted by Gasteiger charge is 2.62. The fraction of sp³-hybridized carbons (Fsp3) is 0.870. The second-order valence-electron chi connectivity index (χ2n) is 10.7.